The van der Waals surface area contributed by atoms with Crippen LogP contribution in [0.25, 0.3) is 11.1 Å². The van der Waals surface area contributed by atoms with E-state index in [9.17, 15) is 14.4 Å². The van der Waals surface area contributed by atoms with Gasteiger partial charge in [0.05, 0.1) is 32.3 Å². The minimum absolute atomic E-state index is 0.0418. The number of nitrogen functional groups attached to an aromatic ring is 1. The number of thiophene rings is 1. The van der Waals surface area contributed by atoms with Crippen LogP contribution in [0.4, 0.5) is 0 Å². The molecule has 2 saturated heterocycles. The van der Waals surface area contributed by atoms with Crippen LogP contribution in [-0.4, -0.2) is 66.6 Å². The summed E-state index contributed by atoms with van der Waals surface area (Å²) in [5.74, 6) is -2.23. The molecule has 5 rings (SSSR count). The van der Waals surface area contributed by atoms with E-state index in [1.54, 1.807) is 29.6 Å². The lowest BCUT2D eigenvalue weighted by molar-refractivity contribution is -0.152. The number of carbonyl (C=O) groups is 3. The van der Waals surface area contributed by atoms with Gasteiger partial charge in [-0.05, 0) is 36.2 Å². The zero-order chi connectivity index (χ0) is 28.3. The second-order valence-corrected chi connectivity index (χ2v) is 10.8. The van der Waals surface area contributed by atoms with Crippen molar-refractivity contribution in [3.63, 3.8) is 0 Å². The first-order chi connectivity index (χ1) is 19.2. The fourth-order valence-corrected chi connectivity index (χ4v) is 5.89. The predicted molar refractivity (Wildman–Crippen MR) is 151 cm³/mol. The average Bonchev–Trinajstić information content (AvgIpc) is 3.73. The average molecular weight is 562 g/mol. The van der Waals surface area contributed by atoms with Crippen molar-refractivity contribution in [2.45, 2.75) is 31.2 Å². The monoisotopic (exact) mass is 561 g/mol. The van der Waals surface area contributed by atoms with Crippen molar-refractivity contribution >= 4 is 34.9 Å². The molecule has 2 aromatic carbocycles. The molecule has 0 radical (unpaired) electrons. The molecule has 11 heteroatoms. The normalized spacial score (nSPS) is 18.4. The van der Waals surface area contributed by atoms with Gasteiger partial charge in [-0.2, -0.15) is 0 Å². The van der Waals surface area contributed by atoms with Crippen molar-refractivity contribution in [2.75, 3.05) is 26.3 Å². The number of nitrogens with one attached hydrogen (secondary N) is 3. The van der Waals surface area contributed by atoms with Crippen LogP contribution in [0.15, 0.2) is 66.0 Å². The van der Waals surface area contributed by atoms with E-state index in [1.165, 1.54) is 16.2 Å². The van der Waals surface area contributed by atoms with Gasteiger partial charge in [0.1, 0.15) is 11.9 Å². The molecule has 10 nitrogen and oxygen atoms in total. The summed E-state index contributed by atoms with van der Waals surface area (Å²) in [4.78, 5) is 41.9. The standard InChI is InChI=1S/C29H31N5O5S/c1-18(24-13-22(16-40-24)26(30)31)33-28(37)23-14-29(38-10-11-39-29)17-34(23)25(35)15-32-27(36)21-9-5-8-20(12-21)19-6-3-2-4-7-19/h2-9,12-13,16,18,23H,10-11,14-15,17H2,1H3,(H3,30,31)(H,32,36)(H,33,37)/t18?,23-/m0/s1. The third kappa shape index (κ3) is 5.91. The van der Waals surface area contributed by atoms with Crippen LogP contribution in [0.3, 0.4) is 0 Å². The van der Waals surface area contributed by atoms with E-state index in [1.807, 2.05) is 43.3 Å². The maximum atomic E-state index is 13.4. The van der Waals surface area contributed by atoms with Crippen LogP contribution in [0.1, 0.15) is 40.2 Å². The van der Waals surface area contributed by atoms with Gasteiger partial charge in [0, 0.05) is 27.8 Å². The van der Waals surface area contributed by atoms with E-state index in [-0.39, 0.29) is 43.2 Å². The number of benzene rings is 2. The summed E-state index contributed by atoms with van der Waals surface area (Å²) in [6.45, 7) is 2.40. The Morgan fingerprint density at radius 1 is 1.07 bits per heavy atom. The summed E-state index contributed by atoms with van der Waals surface area (Å²) in [5, 5.41) is 15.0. The number of amides is 3. The van der Waals surface area contributed by atoms with Crippen molar-refractivity contribution in [2.24, 2.45) is 5.73 Å². The predicted octanol–water partition coefficient (Wildman–Crippen LogP) is 2.65. The van der Waals surface area contributed by atoms with Gasteiger partial charge in [0.25, 0.3) is 5.91 Å². The highest BCUT2D eigenvalue weighted by Gasteiger charge is 2.52. The zero-order valence-electron chi connectivity index (χ0n) is 22.0. The minimum Gasteiger partial charge on any atom is -0.384 e. The minimum atomic E-state index is -1.04. The highest BCUT2D eigenvalue weighted by Crippen LogP contribution is 2.35. The summed E-state index contributed by atoms with van der Waals surface area (Å²) in [5.41, 5.74) is 8.46. The second-order valence-electron chi connectivity index (χ2n) is 9.86. The third-order valence-corrected chi connectivity index (χ3v) is 8.19. The van der Waals surface area contributed by atoms with E-state index >= 15 is 0 Å². The lowest BCUT2D eigenvalue weighted by atomic mass is 10.0. The Morgan fingerprint density at radius 3 is 2.50 bits per heavy atom. The number of amidine groups is 1. The molecule has 40 heavy (non-hydrogen) atoms. The second kappa shape index (κ2) is 11.6. The largest absolute Gasteiger partial charge is 0.384 e. The van der Waals surface area contributed by atoms with Gasteiger partial charge in [-0.3, -0.25) is 19.8 Å². The van der Waals surface area contributed by atoms with Crippen LogP contribution in [0.5, 0.6) is 0 Å². The Hall–Kier alpha value is -4.06. The highest BCUT2D eigenvalue weighted by molar-refractivity contribution is 7.10. The number of hydrogen-bond acceptors (Lipinski definition) is 7. The van der Waals surface area contributed by atoms with Crippen LogP contribution in [-0.2, 0) is 19.1 Å². The molecule has 208 valence electrons. The Bertz CT molecular complexity index is 1420. The van der Waals surface area contributed by atoms with Gasteiger partial charge in [-0.1, -0.05) is 42.5 Å². The number of hydrogen-bond donors (Lipinski definition) is 4. The molecule has 3 amide bonds. The summed E-state index contributed by atoms with van der Waals surface area (Å²) in [6.07, 6.45) is 0.188. The number of rotatable bonds is 8. The molecule has 1 aromatic heterocycles. The molecule has 2 aliphatic heterocycles. The lowest BCUT2D eigenvalue weighted by Crippen LogP contribution is -2.49. The fourth-order valence-electron chi connectivity index (χ4n) is 4.97. The van der Waals surface area contributed by atoms with Gasteiger partial charge in [0.2, 0.25) is 11.8 Å². The van der Waals surface area contributed by atoms with E-state index in [2.05, 4.69) is 10.6 Å². The molecule has 2 atom stereocenters. The van der Waals surface area contributed by atoms with E-state index in [0.29, 0.717) is 24.3 Å². The van der Waals surface area contributed by atoms with E-state index < -0.39 is 17.7 Å². The molecule has 2 aliphatic rings. The number of nitrogens with zero attached hydrogens (tertiary/aromatic N) is 1. The number of likely N-dealkylation sites (tertiary alicyclic amines) is 1. The van der Waals surface area contributed by atoms with Crippen LogP contribution in [0, 0.1) is 5.41 Å². The molecule has 5 N–H and O–H groups in total. The Kier molecular flexibility index (Phi) is 7.97. The topological polar surface area (TPSA) is 147 Å². The van der Waals surface area contributed by atoms with Gasteiger partial charge < -0.3 is 30.7 Å². The molecule has 0 aliphatic carbocycles. The number of carbonyl (C=O) groups excluding carboxylic acids is 3. The number of nitrogens with two attached hydrogens (primary N) is 1. The molecule has 1 unspecified atom stereocenters. The van der Waals surface area contributed by atoms with Crippen LogP contribution < -0.4 is 16.4 Å². The smallest absolute Gasteiger partial charge is 0.251 e. The molecule has 2 fully saturated rings. The molecule has 3 heterocycles. The van der Waals surface area contributed by atoms with Crippen LogP contribution >= 0.6 is 11.3 Å². The Labute approximate surface area is 236 Å². The zero-order valence-corrected chi connectivity index (χ0v) is 22.8. The summed E-state index contributed by atoms with van der Waals surface area (Å²) in [6, 6.07) is 17.5. The van der Waals surface area contributed by atoms with E-state index in [4.69, 9.17) is 20.6 Å². The van der Waals surface area contributed by atoms with Crippen molar-refractivity contribution in [1.82, 2.24) is 15.5 Å². The maximum Gasteiger partial charge on any atom is 0.251 e. The molecule has 0 saturated carbocycles. The quantitative estimate of drug-likeness (QED) is 0.246. The van der Waals surface area contributed by atoms with E-state index in [0.717, 1.165) is 16.0 Å². The van der Waals surface area contributed by atoms with Crippen LogP contribution in [0.2, 0.25) is 0 Å². The van der Waals surface area contributed by atoms with Crippen molar-refractivity contribution < 1.29 is 23.9 Å². The molecule has 3 aromatic rings. The first kappa shape index (κ1) is 27.5. The van der Waals surface area contributed by atoms with Gasteiger partial charge in [-0.25, -0.2) is 0 Å². The lowest BCUT2D eigenvalue weighted by Gasteiger charge is -2.25. The molecular formula is C29H31N5O5S. The van der Waals surface area contributed by atoms with Crippen molar-refractivity contribution in [3.8, 4) is 11.1 Å². The third-order valence-electron chi connectivity index (χ3n) is 7.08. The Morgan fingerprint density at radius 2 is 1.80 bits per heavy atom. The first-order valence-electron chi connectivity index (χ1n) is 13.0. The molecule has 0 bridgehead atoms. The SMILES string of the molecule is CC(NC(=O)[C@@H]1CC2(CN1C(=O)CNC(=O)c1cccc(-c3ccccc3)c1)OCCO2)c1cc(C(=N)N)cs1. The number of ether oxygens (including phenoxy) is 2. The fraction of sp³-hybridized carbons (Fsp3) is 0.310. The summed E-state index contributed by atoms with van der Waals surface area (Å²) < 4.78 is 11.6. The van der Waals surface area contributed by atoms with Crippen molar-refractivity contribution in [3.05, 3.63) is 82.0 Å². The van der Waals surface area contributed by atoms with Crippen molar-refractivity contribution in [1.29, 1.82) is 5.41 Å². The Balaban J connectivity index is 1.25. The molecule has 1 spiro atoms. The summed E-state index contributed by atoms with van der Waals surface area (Å²) >= 11 is 1.39. The first-order valence-corrected chi connectivity index (χ1v) is 13.9. The maximum absolute atomic E-state index is 13.4. The highest BCUT2D eigenvalue weighted by atomic mass is 32.1. The molecular weight excluding hydrogens is 530 g/mol. The summed E-state index contributed by atoms with van der Waals surface area (Å²) in [7, 11) is 0. The van der Waals surface area contributed by atoms with Gasteiger partial charge in [0.15, 0.2) is 5.79 Å². The van der Waals surface area contributed by atoms with Gasteiger partial charge in [-0.15, -0.1) is 11.3 Å². The van der Waals surface area contributed by atoms with Gasteiger partial charge >= 0.3 is 0 Å².